The van der Waals surface area contributed by atoms with E-state index < -0.39 is 6.04 Å². The number of aromatic nitrogens is 4. The molecule has 0 bridgehead atoms. The summed E-state index contributed by atoms with van der Waals surface area (Å²) in [6.07, 6.45) is 5.44. The zero-order chi connectivity index (χ0) is 19.2. The van der Waals surface area contributed by atoms with Crippen LogP contribution in [-0.2, 0) is 9.53 Å². The van der Waals surface area contributed by atoms with Crippen LogP contribution in [0.5, 0.6) is 5.75 Å². The Hall–Kier alpha value is -2.90. The molecule has 2 heterocycles. The predicted octanol–water partition coefficient (Wildman–Crippen LogP) is 3.18. The molecule has 0 aliphatic carbocycles. The number of benzene rings is 1. The van der Waals surface area contributed by atoms with Gasteiger partial charge in [0.2, 0.25) is 5.95 Å². The molecule has 0 fully saturated rings. The minimum atomic E-state index is -0.510. The van der Waals surface area contributed by atoms with Gasteiger partial charge in [0.25, 0.3) is 0 Å². The fourth-order valence-corrected chi connectivity index (χ4v) is 3.19. The molecule has 144 valence electrons. The van der Waals surface area contributed by atoms with Crippen molar-refractivity contribution < 1.29 is 14.6 Å². The van der Waals surface area contributed by atoms with E-state index >= 15 is 0 Å². The van der Waals surface area contributed by atoms with Gasteiger partial charge >= 0.3 is 5.97 Å². The molecule has 1 atom stereocenters. The Morgan fingerprint density at radius 2 is 1.96 bits per heavy atom. The van der Waals surface area contributed by atoms with Crippen molar-refractivity contribution in [3.63, 3.8) is 0 Å². The van der Waals surface area contributed by atoms with Crippen LogP contribution in [-0.4, -0.2) is 37.9 Å². The van der Waals surface area contributed by atoms with Gasteiger partial charge in [-0.3, -0.25) is 0 Å². The number of carbonyl (C=O) groups excluding carboxylic acids is 1. The molecule has 0 spiro atoms. The topological polar surface area (TPSA) is 102 Å². The monoisotopic (exact) mass is 371 g/mol. The number of phenolic OH excluding ortho intramolecular Hbond substituents is 1. The lowest BCUT2D eigenvalue weighted by Gasteiger charge is -2.27. The van der Waals surface area contributed by atoms with Crippen LogP contribution in [0.4, 0.5) is 5.95 Å². The summed E-state index contributed by atoms with van der Waals surface area (Å²) < 4.78 is 7.08. The number of anilines is 1. The summed E-state index contributed by atoms with van der Waals surface area (Å²) in [6.45, 7) is 4.37. The number of rotatable bonds is 8. The minimum absolute atomic E-state index is 0.154. The number of hydrogen-bond acceptors (Lipinski definition) is 7. The number of allylic oxidation sites excluding steroid dienone is 1. The van der Waals surface area contributed by atoms with Crippen molar-refractivity contribution in [1.29, 1.82) is 0 Å². The molecular formula is C19H25N5O3. The minimum Gasteiger partial charge on any atom is -0.508 e. The maximum absolute atomic E-state index is 12.8. The third-order valence-electron chi connectivity index (χ3n) is 4.62. The van der Waals surface area contributed by atoms with Crippen molar-refractivity contribution in [2.24, 2.45) is 0 Å². The van der Waals surface area contributed by atoms with Gasteiger partial charge in [-0.1, -0.05) is 49.8 Å². The van der Waals surface area contributed by atoms with Gasteiger partial charge < -0.3 is 15.2 Å². The summed E-state index contributed by atoms with van der Waals surface area (Å²) in [5, 5.41) is 24.3. The van der Waals surface area contributed by atoms with Crippen molar-refractivity contribution in [2.45, 2.75) is 52.0 Å². The Kier molecular flexibility index (Phi) is 6.05. The fraction of sp³-hybridized carbons (Fsp3) is 0.474. The Balaban J connectivity index is 1.78. The van der Waals surface area contributed by atoms with Crippen molar-refractivity contribution in [2.75, 3.05) is 11.9 Å². The molecule has 2 aromatic rings. The lowest BCUT2D eigenvalue weighted by atomic mass is 9.96. The highest BCUT2D eigenvalue weighted by molar-refractivity contribution is 5.92. The number of nitrogens with one attached hydrogen (secondary N) is 1. The number of tetrazole rings is 1. The lowest BCUT2D eigenvalue weighted by Crippen LogP contribution is -2.29. The van der Waals surface area contributed by atoms with Gasteiger partial charge in [0, 0.05) is 5.70 Å². The van der Waals surface area contributed by atoms with Gasteiger partial charge in [-0.05, 0) is 41.5 Å². The van der Waals surface area contributed by atoms with Gasteiger partial charge in [-0.15, -0.1) is 0 Å². The molecule has 1 aromatic carbocycles. The van der Waals surface area contributed by atoms with Crippen LogP contribution in [0.1, 0.15) is 57.6 Å². The molecule has 8 heteroatoms. The molecule has 0 unspecified atom stereocenters. The van der Waals surface area contributed by atoms with Crippen LogP contribution in [0, 0.1) is 0 Å². The molecule has 0 saturated heterocycles. The van der Waals surface area contributed by atoms with Gasteiger partial charge in [0.15, 0.2) is 0 Å². The number of hydrogen-bond donors (Lipinski definition) is 2. The summed E-state index contributed by atoms with van der Waals surface area (Å²) in [7, 11) is 0. The van der Waals surface area contributed by atoms with Gasteiger partial charge in [0.1, 0.15) is 11.8 Å². The number of fused-ring (bicyclic) bond motifs is 1. The molecule has 1 aliphatic heterocycles. The molecule has 2 N–H and O–H groups in total. The molecule has 1 aromatic heterocycles. The maximum Gasteiger partial charge on any atom is 0.338 e. The van der Waals surface area contributed by atoms with Crippen molar-refractivity contribution >= 4 is 11.9 Å². The van der Waals surface area contributed by atoms with Crippen LogP contribution >= 0.6 is 0 Å². The predicted molar refractivity (Wildman–Crippen MR) is 100 cm³/mol. The van der Waals surface area contributed by atoms with Gasteiger partial charge in [-0.25, -0.2) is 4.79 Å². The SMILES string of the molecule is CCCCCCCOC(=O)C1=C(C)Nc2nnnn2[C@H]1c1ccc(O)cc1. The second kappa shape index (κ2) is 8.66. The number of unbranched alkanes of at least 4 members (excludes halogenated alkanes) is 4. The third-order valence-corrected chi connectivity index (χ3v) is 4.62. The van der Waals surface area contributed by atoms with Gasteiger partial charge in [0.05, 0.1) is 12.2 Å². The number of phenols is 1. The molecule has 27 heavy (non-hydrogen) atoms. The number of ether oxygens (including phenoxy) is 1. The summed E-state index contributed by atoms with van der Waals surface area (Å²) in [4.78, 5) is 12.8. The first kappa shape index (κ1) is 18.9. The zero-order valence-corrected chi connectivity index (χ0v) is 15.7. The number of esters is 1. The van der Waals surface area contributed by atoms with Crippen LogP contribution in [0.15, 0.2) is 35.5 Å². The van der Waals surface area contributed by atoms with E-state index in [1.165, 1.54) is 12.8 Å². The Labute approximate surface area is 158 Å². The van der Waals surface area contributed by atoms with Crippen LogP contribution in [0.25, 0.3) is 0 Å². The molecule has 0 saturated carbocycles. The van der Waals surface area contributed by atoms with Crippen LogP contribution in [0.2, 0.25) is 0 Å². The Bertz CT molecular complexity index is 813. The van der Waals surface area contributed by atoms with E-state index in [9.17, 15) is 9.90 Å². The number of aromatic hydroxyl groups is 1. The molecular weight excluding hydrogens is 346 g/mol. The first-order chi connectivity index (χ1) is 13.1. The normalized spacial score (nSPS) is 16.0. The van der Waals surface area contributed by atoms with Crippen molar-refractivity contribution in [1.82, 2.24) is 20.2 Å². The highest BCUT2D eigenvalue weighted by Gasteiger charge is 2.34. The Morgan fingerprint density at radius 3 is 2.70 bits per heavy atom. The average Bonchev–Trinajstić information content (AvgIpc) is 3.12. The van der Waals surface area contributed by atoms with E-state index in [4.69, 9.17) is 4.74 Å². The van der Waals surface area contributed by atoms with Crippen LogP contribution in [0.3, 0.4) is 0 Å². The quantitative estimate of drug-likeness (QED) is 0.543. The van der Waals surface area contributed by atoms with Crippen molar-refractivity contribution in [3.05, 3.63) is 41.1 Å². The smallest absolute Gasteiger partial charge is 0.338 e. The second-order valence-corrected chi connectivity index (χ2v) is 6.65. The summed E-state index contributed by atoms with van der Waals surface area (Å²) in [5.41, 5.74) is 1.91. The standard InChI is InChI=1S/C19H25N5O3/c1-3-4-5-6-7-12-27-18(26)16-13(2)20-19-21-22-23-24(19)17(16)14-8-10-15(25)11-9-14/h8-11,17,25H,3-7,12H2,1-2H3,(H,20,21,23)/t17-/m0/s1. The van der Waals surface area contributed by atoms with E-state index in [0.29, 0.717) is 23.8 Å². The highest BCUT2D eigenvalue weighted by Crippen LogP contribution is 2.35. The molecule has 1 aliphatic rings. The third kappa shape index (κ3) is 4.27. The highest BCUT2D eigenvalue weighted by atomic mass is 16.5. The Morgan fingerprint density at radius 1 is 1.22 bits per heavy atom. The molecule has 3 rings (SSSR count). The molecule has 0 amide bonds. The largest absolute Gasteiger partial charge is 0.508 e. The molecule has 0 radical (unpaired) electrons. The summed E-state index contributed by atoms with van der Waals surface area (Å²) in [6, 6.07) is 6.15. The fourth-order valence-electron chi connectivity index (χ4n) is 3.19. The average molecular weight is 371 g/mol. The second-order valence-electron chi connectivity index (χ2n) is 6.65. The zero-order valence-electron chi connectivity index (χ0n) is 15.7. The van der Waals surface area contributed by atoms with Crippen LogP contribution < -0.4 is 5.32 Å². The number of carbonyl (C=O) groups is 1. The first-order valence-corrected chi connectivity index (χ1v) is 9.33. The van der Waals surface area contributed by atoms with E-state index in [0.717, 1.165) is 24.8 Å². The van der Waals surface area contributed by atoms with E-state index in [1.54, 1.807) is 28.9 Å². The first-order valence-electron chi connectivity index (χ1n) is 9.33. The van der Waals surface area contributed by atoms with E-state index in [1.807, 2.05) is 6.92 Å². The maximum atomic E-state index is 12.8. The summed E-state index contributed by atoms with van der Waals surface area (Å²) in [5.74, 6) is 0.234. The molecule has 8 nitrogen and oxygen atoms in total. The van der Waals surface area contributed by atoms with Gasteiger partial charge in [-0.2, -0.15) is 4.68 Å². The van der Waals surface area contributed by atoms with E-state index in [2.05, 4.69) is 27.8 Å². The lowest BCUT2D eigenvalue weighted by molar-refractivity contribution is -0.139. The van der Waals surface area contributed by atoms with E-state index in [-0.39, 0.29) is 11.7 Å². The number of nitrogens with zero attached hydrogens (tertiary/aromatic N) is 4. The summed E-state index contributed by atoms with van der Waals surface area (Å²) >= 11 is 0. The van der Waals surface area contributed by atoms with Crippen molar-refractivity contribution in [3.8, 4) is 5.75 Å².